The Morgan fingerprint density at radius 1 is 0.455 bits per heavy atom. The van der Waals surface area contributed by atoms with Gasteiger partial charge in [0.05, 0.1) is 51.1 Å². The van der Waals surface area contributed by atoms with E-state index in [0.29, 0.717) is 146 Å². The van der Waals surface area contributed by atoms with Crippen LogP contribution in [-0.4, -0.2) is 122 Å². The summed E-state index contributed by atoms with van der Waals surface area (Å²) in [6.45, 7) is 6.36. The van der Waals surface area contributed by atoms with Crippen molar-refractivity contribution in [2.45, 2.75) is 83.7 Å². The Bertz CT molecular complexity index is 6340. The normalized spacial score (nSPS) is 12.3. The number of aryl methyl sites for hydroxylation is 1. The van der Waals surface area contributed by atoms with E-state index >= 15 is 0 Å². The molecule has 6 heterocycles. The maximum Gasteiger partial charge on any atom is 0.261 e. The van der Waals surface area contributed by atoms with Crippen molar-refractivity contribution in [3.63, 3.8) is 0 Å². The standard InChI is InChI=1S/C30H22ClN3O3.C27H28ClN3O.C24H24ClN3O2.C19H13N3/c31-22-14-13-21-18-33-28(32)23(26(21)17-22)15-10-19-8-11-20(12-9-19)27(35)7-3-4-16-34-29(36)24-5-1-2-6-25(24)30(34)37;28-22-13-11-21-19-30-27(29)24(25(21)18-22)14-12-20-8-2-3-9-23(20)26(32)10-4-7-17-31-15-5-1-6-16-31;1-28(2)15-20(29)10-12-23(30)17-6-3-16(4-7-17)5-11-21-22-13-19(25)9-8-18(22)14-27-24(21)26;1-13-2-8-16-12-22-19(21)17(18(16)10-13)9-7-14-3-5-15(11-20)6-4-14/h1-2,5-6,8-9,11-14,17-18H,3-4,7,16H2,(H2,32,33);2-3,8-9,11,13,18-19H,1,4-7,10,15-17H2,(H2,29,30);3-4,6-9,13-14,20,29H,10,12,15H2,1-2H3,(H2,26,27);2-6,8,10,12H,1H3,(H2,21,22). The zero-order valence-corrected chi connectivity index (χ0v) is 69.5. The molecular weight excluding hydrogens is 1570 g/mol. The molecule has 1 fully saturated rings. The lowest BCUT2D eigenvalue weighted by atomic mass is 9.99. The number of likely N-dealkylation sites (tertiary alicyclic amines) is 1. The fraction of sp³-hybridized carbons (Fsp3) is 0.200. The zero-order valence-electron chi connectivity index (χ0n) is 67.2. The number of aliphatic hydroxyl groups excluding tert-OH is 1. The highest BCUT2D eigenvalue weighted by molar-refractivity contribution is 6.32. The highest BCUT2D eigenvalue weighted by Gasteiger charge is 2.34. The molecule has 18 nitrogen and oxygen atoms in total. The summed E-state index contributed by atoms with van der Waals surface area (Å²) in [6.07, 6.45) is 15.0. The number of Topliss-reactive ketones (excluding diaryl/α,β-unsaturated/α-hetero) is 3. The summed E-state index contributed by atoms with van der Waals surface area (Å²) >= 11 is 18.4. The molecule has 0 saturated carbocycles. The van der Waals surface area contributed by atoms with Crippen molar-refractivity contribution in [3.8, 4) is 53.4 Å². The lowest BCUT2D eigenvalue weighted by Crippen LogP contribution is -2.30. The number of amides is 2. The molecule has 2 aliphatic rings. The van der Waals surface area contributed by atoms with Gasteiger partial charge in [-0.15, -0.1) is 0 Å². The molecule has 0 bridgehead atoms. The molecule has 0 spiro atoms. The number of nitrogens with zero attached hydrogens (tertiary/aromatic N) is 8. The summed E-state index contributed by atoms with van der Waals surface area (Å²) in [6, 6.07) is 60.5. The monoisotopic (exact) mass is 1660 g/mol. The second-order valence-electron chi connectivity index (χ2n) is 29.6. The maximum atomic E-state index is 12.9. The molecule has 4 aromatic heterocycles. The van der Waals surface area contributed by atoms with Crippen LogP contribution in [-0.2, 0) is 0 Å². The Hall–Kier alpha value is -13.6. The van der Waals surface area contributed by atoms with Gasteiger partial charge in [-0.1, -0.05) is 179 Å². The van der Waals surface area contributed by atoms with E-state index in [4.69, 9.17) is 63.0 Å². The number of aliphatic hydroxyl groups is 1. The molecule has 9 aromatic carbocycles. The van der Waals surface area contributed by atoms with Crippen LogP contribution in [0, 0.1) is 65.6 Å². The van der Waals surface area contributed by atoms with Gasteiger partial charge in [0.15, 0.2) is 17.3 Å². The van der Waals surface area contributed by atoms with Crippen molar-refractivity contribution in [1.82, 2.24) is 34.6 Å². The first-order valence-electron chi connectivity index (χ1n) is 39.7. The number of benzene rings is 9. The fourth-order valence-electron chi connectivity index (χ4n) is 14.0. The summed E-state index contributed by atoms with van der Waals surface area (Å²) in [4.78, 5) is 85.3. The number of nitriles is 1. The minimum atomic E-state index is -0.512. The van der Waals surface area contributed by atoms with Crippen LogP contribution in [0.15, 0.2) is 219 Å². The fourth-order valence-corrected chi connectivity index (χ4v) is 14.5. The minimum Gasteiger partial charge on any atom is -0.392 e. The lowest BCUT2D eigenvalue weighted by molar-refractivity contribution is 0.0651. The number of nitrogens with two attached hydrogens (primary N) is 4. The average Bonchev–Trinajstić information content (AvgIpc) is 1.52. The van der Waals surface area contributed by atoms with Gasteiger partial charge < -0.3 is 37.8 Å². The maximum absolute atomic E-state index is 12.9. The number of carbonyl (C=O) groups excluding carboxylic acids is 5. The Labute approximate surface area is 718 Å². The van der Waals surface area contributed by atoms with Crippen LogP contribution in [0.4, 0.5) is 23.3 Å². The zero-order chi connectivity index (χ0) is 85.5. The highest BCUT2D eigenvalue weighted by atomic mass is 35.5. The van der Waals surface area contributed by atoms with Gasteiger partial charge in [-0.25, -0.2) is 19.9 Å². The number of ketones is 3. The summed E-state index contributed by atoms with van der Waals surface area (Å²) in [5.74, 6) is 25.9. The number of anilines is 4. The van der Waals surface area contributed by atoms with Gasteiger partial charge in [0.1, 0.15) is 23.3 Å². The van der Waals surface area contributed by atoms with Gasteiger partial charge in [-0.2, -0.15) is 5.26 Å². The third-order valence-corrected chi connectivity index (χ3v) is 21.2. The Kier molecular flexibility index (Phi) is 29.9. The van der Waals surface area contributed by atoms with Crippen LogP contribution >= 0.6 is 34.8 Å². The number of likely N-dealkylation sites (N-methyl/N-ethyl adjacent to an activating group) is 1. The van der Waals surface area contributed by atoms with Crippen molar-refractivity contribution in [3.05, 3.63) is 317 Å². The van der Waals surface area contributed by atoms with Gasteiger partial charge in [0, 0.05) is 154 Å². The number of halogens is 3. The Balaban J connectivity index is 0.000000150. The van der Waals surface area contributed by atoms with Crippen LogP contribution in [0.3, 0.4) is 0 Å². The van der Waals surface area contributed by atoms with Gasteiger partial charge >= 0.3 is 0 Å². The smallest absolute Gasteiger partial charge is 0.261 e. The highest BCUT2D eigenvalue weighted by Crippen LogP contribution is 2.31. The first-order valence-corrected chi connectivity index (χ1v) is 40.8. The van der Waals surface area contributed by atoms with Crippen molar-refractivity contribution in [1.29, 1.82) is 5.26 Å². The van der Waals surface area contributed by atoms with E-state index in [2.05, 4.69) is 84.3 Å². The third-order valence-electron chi connectivity index (χ3n) is 20.5. The predicted molar refractivity (Wildman–Crippen MR) is 485 cm³/mol. The number of hydrogen-bond acceptors (Lipinski definition) is 17. The molecule has 2 aliphatic heterocycles. The van der Waals surface area contributed by atoms with Gasteiger partial charge in [-0.05, 0) is 195 Å². The number of fused-ring (bicyclic) bond motifs is 5. The summed E-state index contributed by atoms with van der Waals surface area (Å²) in [5, 5.41) is 27.8. The molecule has 9 N–H and O–H groups in total. The van der Waals surface area contributed by atoms with Crippen molar-refractivity contribution in [2.24, 2.45) is 0 Å². The second-order valence-corrected chi connectivity index (χ2v) is 30.9. The quantitative estimate of drug-likeness (QED) is 0.0231. The van der Waals surface area contributed by atoms with Gasteiger partial charge in [0.2, 0.25) is 0 Å². The lowest BCUT2D eigenvalue weighted by Gasteiger charge is -2.26. The molecule has 21 heteroatoms. The second kappa shape index (κ2) is 41.7. The molecule has 13 aromatic rings. The number of nitrogen functional groups attached to an aromatic ring is 4. The number of pyridine rings is 4. The van der Waals surface area contributed by atoms with Crippen LogP contribution in [0.25, 0.3) is 43.1 Å². The molecule has 1 saturated heterocycles. The van der Waals surface area contributed by atoms with E-state index in [1.807, 2.05) is 117 Å². The number of rotatable bonds is 18. The summed E-state index contributed by atoms with van der Waals surface area (Å²) in [5.41, 5.74) is 34.4. The first-order chi connectivity index (χ1) is 58.5. The Morgan fingerprint density at radius 3 is 1.30 bits per heavy atom. The van der Waals surface area contributed by atoms with Gasteiger partial charge in [-0.3, -0.25) is 28.9 Å². The van der Waals surface area contributed by atoms with Crippen molar-refractivity contribution >= 4 is 130 Å². The van der Waals surface area contributed by atoms with E-state index in [1.54, 1.807) is 122 Å². The molecule has 121 heavy (non-hydrogen) atoms. The van der Waals surface area contributed by atoms with E-state index in [0.717, 1.165) is 90.3 Å². The van der Waals surface area contributed by atoms with Crippen molar-refractivity contribution < 1.29 is 29.1 Å². The number of aromatic nitrogens is 4. The first kappa shape index (κ1) is 86.8. The average molecular weight is 1660 g/mol. The van der Waals surface area contributed by atoms with Crippen LogP contribution in [0.1, 0.15) is 178 Å². The molecule has 0 radical (unpaired) electrons. The number of unbranched alkanes of at least 4 members (excludes halogenated alkanes) is 2. The Morgan fingerprint density at radius 2 is 0.843 bits per heavy atom. The van der Waals surface area contributed by atoms with Crippen LogP contribution < -0.4 is 22.9 Å². The van der Waals surface area contributed by atoms with E-state index in [1.165, 1.54) is 37.3 Å². The van der Waals surface area contributed by atoms with E-state index < -0.39 is 6.10 Å². The predicted octanol–water partition coefficient (Wildman–Crippen LogP) is 18.4. The van der Waals surface area contributed by atoms with E-state index in [9.17, 15) is 29.1 Å². The molecule has 1 unspecified atom stereocenters. The van der Waals surface area contributed by atoms with Gasteiger partial charge in [0.25, 0.3) is 11.8 Å². The van der Waals surface area contributed by atoms with Crippen molar-refractivity contribution in [2.75, 3.05) is 69.8 Å². The molecule has 15 rings (SSSR count). The number of hydrogen-bond donors (Lipinski definition) is 5. The molecular formula is C100H87Cl3N12O6. The minimum absolute atomic E-state index is 0.000917. The number of carbonyl (C=O) groups is 5. The molecule has 604 valence electrons. The topological polar surface area (TPSA) is 295 Å². The third kappa shape index (κ3) is 23.3. The summed E-state index contributed by atoms with van der Waals surface area (Å²) < 4.78 is 0. The van der Waals surface area contributed by atoms with Crippen LogP contribution in [0.2, 0.25) is 15.1 Å². The van der Waals surface area contributed by atoms with Crippen LogP contribution in [0.5, 0.6) is 0 Å². The SMILES string of the molecule is CN(C)CC(O)CCC(=O)c1ccc(C#Cc2c(N)ncc3ccc(Cl)cc23)cc1.Cc1ccc2cnc(N)c(C#Cc3ccc(C#N)cc3)c2c1.Nc1ncc2ccc(Cl)cc2c1C#Cc1ccc(C(=O)CCCCN2C(=O)c3ccccc3C2=O)cc1.Nc1ncc2ccc(Cl)cc2c1C#Cc1ccccc1C(=O)CCCCN1CCCCC1. The largest absolute Gasteiger partial charge is 0.392 e. The van der Waals surface area contributed by atoms with E-state index in [-0.39, 0.29) is 29.2 Å². The molecule has 1 atom stereocenters. The molecule has 2 amide bonds. The summed E-state index contributed by atoms with van der Waals surface area (Å²) in [7, 11) is 3.78. The number of piperidine rings is 1. The number of imide groups is 1. The molecule has 0 aliphatic carbocycles.